The SMILES string of the molecule is CCOC(=O)/C(C#N)=C\c1ccc(NC(=O)C23CC4CC(CC(Cl)(C4)C2)C3)cc1. The van der Waals surface area contributed by atoms with Crippen molar-refractivity contribution in [3.63, 3.8) is 0 Å². The van der Waals surface area contributed by atoms with Crippen molar-refractivity contribution in [2.24, 2.45) is 17.3 Å². The predicted molar refractivity (Wildman–Crippen MR) is 111 cm³/mol. The van der Waals surface area contributed by atoms with Gasteiger partial charge in [-0.05, 0) is 81.1 Å². The summed E-state index contributed by atoms with van der Waals surface area (Å²) in [7, 11) is 0. The van der Waals surface area contributed by atoms with Crippen LogP contribution in [-0.2, 0) is 14.3 Å². The van der Waals surface area contributed by atoms with Gasteiger partial charge in [-0.25, -0.2) is 4.79 Å². The summed E-state index contributed by atoms with van der Waals surface area (Å²) < 4.78 is 4.87. The van der Waals surface area contributed by atoms with Gasteiger partial charge in [0.2, 0.25) is 5.91 Å². The molecule has 152 valence electrons. The Kier molecular flexibility index (Phi) is 5.16. The van der Waals surface area contributed by atoms with E-state index < -0.39 is 5.97 Å². The number of carbonyl (C=O) groups excluding carboxylic acids is 2. The third-order valence-electron chi connectivity index (χ3n) is 6.57. The highest BCUT2D eigenvalue weighted by molar-refractivity contribution is 6.24. The molecule has 4 aliphatic carbocycles. The number of amides is 1. The van der Waals surface area contributed by atoms with E-state index in [0.717, 1.165) is 32.1 Å². The molecule has 5 rings (SSSR count). The first-order chi connectivity index (χ1) is 13.8. The Bertz CT molecular complexity index is 886. The summed E-state index contributed by atoms with van der Waals surface area (Å²) in [6.45, 7) is 1.91. The maximum atomic E-state index is 13.2. The molecule has 1 aromatic rings. The van der Waals surface area contributed by atoms with Gasteiger partial charge in [-0.1, -0.05) is 12.1 Å². The summed E-state index contributed by atoms with van der Waals surface area (Å²) in [5.74, 6) is 0.576. The number of anilines is 1. The van der Waals surface area contributed by atoms with Gasteiger partial charge >= 0.3 is 5.97 Å². The van der Waals surface area contributed by atoms with Crippen LogP contribution in [0.3, 0.4) is 0 Å². The quantitative estimate of drug-likeness (QED) is 0.330. The lowest BCUT2D eigenvalue weighted by molar-refractivity contribution is -0.139. The molecule has 4 saturated carbocycles. The monoisotopic (exact) mass is 412 g/mol. The van der Waals surface area contributed by atoms with Crippen molar-refractivity contribution in [1.29, 1.82) is 5.26 Å². The molecule has 29 heavy (non-hydrogen) atoms. The van der Waals surface area contributed by atoms with E-state index in [2.05, 4.69) is 5.32 Å². The highest BCUT2D eigenvalue weighted by Crippen LogP contribution is 2.64. The van der Waals surface area contributed by atoms with Crippen LogP contribution in [-0.4, -0.2) is 23.4 Å². The summed E-state index contributed by atoms with van der Waals surface area (Å²) in [5.41, 5.74) is 1.01. The lowest BCUT2D eigenvalue weighted by atomic mass is 9.49. The fourth-order valence-electron chi connectivity index (χ4n) is 5.86. The summed E-state index contributed by atoms with van der Waals surface area (Å²) in [6, 6.07) is 8.99. The third kappa shape index (κ3) is 3.91. The van der Waals surface area contributed by atoms with Crippen molar-refractivity contribution in [3.05, 3.63) is 35.4 Å². The maximum absolute atomic E-state index is 13.2. The molecule has 0 aromatic heterocycles. The second-order valence-corrected chi connectivity index (χ2v) is 9.66. The molecular formula is C23H25ClN2O3. The minimum absolute atomic E-state index is 0.0513. The Hall–Kier alpha value is -2.32. The van der Waals surface area contributed by atoms with Crippen LogP contribution in [0.5, 0.6) is 0 Å². The molecule has 0 saturated heterocycles. The average Bonchev–Trinajstić information content (AvgIpc) is 2.65. The van der Waals surface area contributed by atoms with Crippen molar-refractivity contribution < 1.29 is 14.3 Å². The molecule has 1 amide bonds. The smallest absolute Gasteiger partial charge is 0.348 e. The number of carbonyl (C=O) groups is 2. The molecule has 4 fully saturated rings. The van der Waals surface area contributed by atoms with E-state index in [4.69, 9.17) is 21.6 Å². The summed E-state index contributed by atoms with van der Waals surface area (Å²) in [4.78, 5) is 24.7. The van der Waals surface area contributed by atoms with Gasteiger partial charge in [-0.15, -0.1) is 11.6 Å². The Morgan fingerprint density at radius 3 is 2.45 bits per heavy atom. The first kappa shape index (κ1) is 20.0. The van der Waals surface area contributed by atoms with Crippen LogP contribution >= 0.6 is 11.6 Å². The number of halogens is 1. The zero-order valence-electron chi connectivity index (χ0n) is 16.5. The van der Waals surface area contributed by atoms with Crippen molar-refractivity contribution in [3.8, 4) is 6.07 Å². The molecule has 2 unspecified atom stereocenters. The van der Waals surface area contributed by atoms with Crippen LogP contribution in [0.4, 0.5) is 5.69 Å². The first-order valence-electron chi connectivity index (χ1n) is 10.2. The topological polar surface area (TPSA) is 79.2 Å². The van der Waals surface area contributed by atoms with Crippen LogP contribution in [0.2, 0.25) is 0 Å². The van der Waals surface area contributed by atoms with Crippen molar-refractivity contribution in [2.45, 2.75) is 50.3 Å². The Morgan fingerprint density at radius 1 is 1.24 bits per heavy atom. The van der Waals surface area contributed by atoms with Gasteiger partial charge < -0.3 is 10.1 Å². The fourth-order valence-corrected chi connectivity index (χ4v) is 6.55. The van der Waals surface area contributed by atoms with Gasteiger partial charge in [0.1, 0.15) is 11.6 Å². The van der Waals surface area contributed by atoms with E-state index in [9.17, 15) is 9.59 Å². The van der Waals surface area contributed by atoms with Gasteiger partial charge in [0.05, 0.1) is 12.0 Å². The molecule has 0 heterocycles. The van der Waals surface area contributed by atoms with Gasteiger partial charge in [0.15, 0.2) is 0 Å². The minimum Gasteiger partial charge on any atom is -0.462 e. The van der Waals surface area contributed by atoms with E-state index in [1.54, 1.807) is 31.2 Å². The molecule has 6 heteroatoms. The maximum Gasteiger partial charge on any atom is 0.348 e. The molecule has 0 spiro atoms. The van der Waals surface area contributed by atoms with Crippen molar-refractivity contribution >= 4 is 35.2 Å². The highest BCUT2D eigenvalue weighted by atomic mass is 35.5. The van der Waals surface area contributed by atoms with E-state index >= 15 is 0 Å². The highest BCUT2D eigenvalue weighted by Gasteiger charge is 2.60. The zero-order valence-corrected chi connectivity index (χ0v) is 17.3. The molecule has 1 aromatic carbocycles. The molecule has 4 bridgehead atoms. The zero-order chi connectivity index (χ0) is 20.6. The number of hydrogen-bond donors (Lipinski definition) is 1. The Morgan fingerprint density at radius 2 is 1.90 bits per heavy atom. The largest absolute Gasteiger partial charge is 0.462 e. The van der Waals surface area contributed by atoms with Crippen LogP contribution in [0, 0.1) is 28.6 Å². The fraction of sp³-hybridized carbons (Fsp3) is 0.522. The van der Waals surface area contributed by atoms with Gasteiger partial charge in [0, 0.05) is 10.6 Å². The van der Waals surface area contributed by atoms with Crippen molar-refractivity contribution in [2.75, 3.05) is 11.9 Å². The van der Waals surface area contributed by atoms with E-state index in [-0.39, 0.29) is 28.4 Å². The minimum atomic E-state index is -0.635. The summed E-state index contributed by atoms with van der Waals surface area (Å²) >= 11 is 6.85. The normalized spacial score (nSPS) is 32.5. The standard InChI is InChI=1S/C23H25ClN2O3/c1-2-29-20(27)18(13-25)8-15-3-5-19(6-4-15)26-21(28)22-9-16-7-17(10-22)12-23(24,11-16)14-22/h3-6,8,16-17H,2,7,9-12,14H2,1H3,(H,26,28)/b18-8-. The lowest BCUT2D eigenvalue weighted by Gasteiger charge is -2.59. The van der Waals surface area contributed by atoms with E-state index in [0.29, 0.717) is 23.1 Å². The molecule has 0 aliphatic heterocycles. The third-order valence-corrected chi connectivity index (χ3v) is 7.01. The van der Waals surface area contributed by atoms with Crippen LogP contribution in [0.1, 0.15) is 51.0 Å². The number of benzene rings is 1. The average molecular weight is 413 g/mol. The second kappa shape index (κ2) is 7.50. The molecule has 2 atom stereocenters. The number of ether oxygens (including phenoxy) is 1. The first-order valence-corrected chi connectivity index (χ1v) is 10.6. The number of nitrogens with one attached hydrogen (secondary N) is 1. The van der Waals surface area contributed by atoms with E-state index in [1.165, 1.54) is 12.5 Å². The van der Waals surface area contributed by atoms with E-state index in [1.807, 2.05) is 6.07 Å². The number of alkyl halides is 1. The lowest BCUT2D eigenvalue weighted by Crippen LogP contribution is -2.57. The summed E-state index contributed by atoms with van der Waals surface area (Å²) in [5, 5.41) is 12.2. The van der Waals surface area contributed by atoms with Crippen LogP contribution in [0.15, 0.2) is 29.8 Å². The molecule has 1 N–H and O–H groups in total. The van der Waals surface area contributed by atoms with Gasteiger partial charge in [-0.2, -0.15) is 5.26 Å². The summed E-state index contributed by atoms with van der Waals surface area (Å²) in [6.07, 6.45) is 7.44. The predicted octanol–water partition coefficient (Wildman–Crippen LogP) is 4.67. The Balaban J connectivity index is 1.46. The Labute approximate surface area is 176 Å². The number of nitrogens with zero attached hydrogens (tertiary/aromatic N) is 1. The molecular weight excluding hydrogens is 388 g/mol. The second-order valence-electron chi connectivity index (χ2n) is 8.86. The van der Waals surface area contributed by atoms with Crippen molar-refractivity contribution in [1.82, 2.24) is 0 Å². The number of nitriles is 1. The molecule has 5 nitrogen and oxygen atoms in total. The number of rotatable bonds is 5. The van der Waals surface area contributed by atoms with Gasteiger partial charge in [-0.3, -0.25) is 4.79 Å². The van der Waals surface area contributed by atoms with Crippen LogP contribution in [0.25, 0.3) is 6.08 Å². The number of hydrogen-bond acceptors (Lipinski definition) is 4. The van der Waals surface area contributed by atoms with Gasteiger partial charge in [0.25, 0.3) is 0 Å². The number of esters is 1. The molecule has 4 aliphatic rings. The molecule has 0 radical (unpaired) electrons. The van der Waals surface area contributed by atoms with Crippen LogP contribution < -0.4 is 5.32 Å².